The van der Waals surface area contributed by atoms with Crippen LogP contribution in [0, 0.1) is 23.2 Å². The Morgan fingerprint density at radius 2 is 1.91 bits per heavy atom. The van der Waals surface area contributed by atoms with Gasteiger partial charge < -0.3 is 15.1 Å². The number of hydrogen-bond acceptors (Lipinski definition) is 7. The molecule has 0 spiro atoms. The maximum absolute atomic E-state index is 13.2. The first-order valence-corrected chi connectivity index (χ1v) is 12.7. The number of benzene rings is 1. The minimum absolute atomic E-state index is 0.0505. The molecule has 0 radical (unpaired) electrons. The van der Waals surface area contributed by atoms with Gasteiger partial charge in [0, 0.05) is 64.8 Å². The number of hydrogen-bond donors (Lipinski definition) is 1. The van der Waals surface area contributed by atoms with E-state index in [1.165, 1.54) is 6.42 Å². The van der Waals surface area contributed by atoms with Gasteiger partial charge in [0.2, 0.25) is 5.91 Å². The summed E-state index contributed by atoms with van der Waals surface area (Å²) in [5.74, 6) is 0.569. The normalized spacial score (nSPS) is 22.0. The van der Waals surface area contributed by atoms with Gasteiger partial charge in [-0.3, -0.25) is 19.7 Å². The second kappa shape index (κ2) is 11.6. The van der Waals surface area contributed by atoms with Crippen molar-refractivity contribution in [2.45, 2.75) is 32.6 Å². The average molecular weight is 464 g/mol. The Bertz CT molecular complexity index is 1010. The molecule has 2 aromatic rings. The molecule has 2 saturated heterocycles. The second-order valence-corrected chi connectivity index (χ2v) is 9.78. The highest BCUT2D eigenvalue weighted by molar-refractivity contribution is 5.92. The molecule has 0 aliphatic carbocycles. The summed E-state index contributed by atoms with van der Waals surface area (Å²) in [6, 6.07) is 6.02. The Kier molecular flexibility index (Phi) is 8.30. The molecule has 2 aliphatic rings. The molecule has 0 saturated carbocycles. The van der Waals surface area contributed by atoms with E-state index in [4.69, 9.17) is 0 Å². The summed E-state index contributed by atoms with van der Waals surface area (Å²) in [6.45, 7) is 9.70. The molecule has 1 aromatic heterocycles. The van der Waals surface area contributed by atoms with Gasteiger partial charge in [-0.1, -0.05) is 19.8 Å². The van der Waals surface area contributed by atoms with Crippen molar-refractivity contribution in [2.75, 3.05) is 64.3 Å². The third-order valence-electron chi connectivity index (χ3n) is 7.26. The molecule has 4 rings (SSSR count). The van der Waals surface area contributed by atoms with E-state index in [1.54, 1.807) is 12.4 Å². The van der Waals surface area contributed by atoms with Gasteiger partial charge >= 0.3 is 0 Å². The van der Waals surface area contributed by atoms with Gasteiger partial charge in [0.25, 0.3) is 0 Å². The van der Waals surface area contributed by atoms with Crippen LogP contribution in [0.5, 0.6) is 0 Å². The van der Waals surface area contributed by atoms with Crippen LogP contribution in [0.3, 0.4) is 0 Å². The van der Waals surface area contributed by atoms with Gasteiger partial charge in [0.05, 0.1) is 17.2 Å². The Hall–Kier alpha value is -2.76. The molecular weight excluding hydrogens is 426 g/mol. The van der Waals surface area contributed by atoms with Crippen LogP contribution in [0.1, 0.15) is 38.2 Å². The number of piperidine rings is 1. The molecule has 8 nitrogen and oxygen atoms in total. The topological polar surface area (TPSA) is 88.4 Å². The number of carbonyl (C=O) groups is 1. The fourth-order valence-electron chi connectivity index (χ4n) is 5.23. The summed E-state index contributed by atoms with van der Waals surface area (Å²) in [7, 11) is 2.16. The van der Waals surface area contributed by atoms with Crippen molar-refractivity contribution in [2.24, 2.45) is 11.8 Å². The molecule has 2 aliphatic heterocycles. The van der Waals surface area contributed by atoms with Crippen molar-refractivity contribution in [3.63, 3.8) is 0 Å². The lowest BCUT2D eigenvalue weighted by atomic mass is 9.85. The molecule has 0 bridgehead atoms. The molecule has 3 heterocycles. The predicted octanol–water partition coefficient (Wildman–Crippen LogP) is 2.50. The zero-order valence-corrected chi connectivity index (χ0v) is 20.5. The largest absolute Gasteiger partial charge is 0.369 e. The van der Waals surface area contributed by atoms with Gasteiger partial charge in [0.15, 0.2) is 0 Å². The zero-order valence-electron chi connectivity index (χ0n) is 20.5. The number of fused-ring (bicyclic) bond motifs is 1. The number of rotatable bonds is 8. The first-order valence-electron chi connectivity index (χ1n) is 12.7. The number of unbranched alkanes of at least 4 members (excludes halogenated alkanes) is 1. The number of nitrogens with zero attached hydrogens (tertiary/aromatic N) is 6. The maximum atomic E-state index is 13.2. The van der Waals surface area contributed by atoms with E-state index in [0.717, 1.165) is 69.7 Å². The van der Waals surface area contributed by atoms with Crippen LogP contribution in [0.15, 0.2) is 24.5 Å². The third-order valence-corrected chi connectivity index (χ3v) is 7.26. The first-order chi connectivity index (χ1) is 16.6. The van der Waals surface area contributed by atoms with Crippen molar-refractivity contribution >= 4 is 22.6 Å². The Morgan fingerprint density at radius 1 is 1.15 bits per heavy atom. The summed E-state index contributed by atoms with van der Waals surface area (Å²) >= 11 is 0. The van der Waals surface area contributed by atoms with Crippen LogP contribution >= 0.6 is 0 Å². The molecule has 182 valence electrons. The highest BCUT2D eigenvalue weighted by Crippen LogP contribution is 2.33. The lowest BCUT2D eigenvalue weighted by Crippen LogP contribution is -2.49. The zero-order chi connectivity index (χ0) is 23.9. The fraction of sp³-hybridized carbons (Fsp3) is 0.615. The number of nitriles is 1. The van der Waals surface area contributed by atoms with E-state index >= 15 is 0 Å². The summed E-state index contributed by atoms with van der Waals surface area (Å²) in [5, 5.41) is 12.7. The van der Waals surface area contributed by atoms with Crippen molar-refractivity contribution in [1.29, 1.82) is 5.26 Å². The van der Waals surface area contributed by atoms with Gasteiger partial charge in [-0.15, -0.1) is 0 Å². The molecule has 1 unspecified atom stereocenters. The number of aromatic nitrogens is 2. The van der Waals surface area contributed by atoms with Crippen molar-refractivity contribution < 1.29 is 4.79 Å². The Morgan fingerprint density at radius 3 is 2.65 bits per heavy atom. The number of piperazine rings is 1. The van der Waals surface area contributed by atoms with Gasteiger partial charge in [-0.05, 0) is 37.9 Å². The number of anilines is 1. The number of carbonyl (C=O) groups excluding carboxylic acids is 1. The molecule has 2 atom stereocenters. The van der Waals surface area contributed by atoms with Crippen LogP contribution in [-0.4, -0.2) is 85.1 Å². The quantitative estimate of drug-likeness (QED) is 0.643. The van der Waals surface area contributed by atoms with E-state index in [1.807, 2.05) is 12.1 Å². The van der Waals surface area contributed by atoms with Crippen molar-refractivity contribution in [3.8, 4) is 6.07 Å². The summed E-state index contributed by atoms with van der Waals surface area (Å²) in [4.78, 5) is 29.3. The molecule has 1 amide bonds. The van der Waals surface area contributed by atoms with Crippen LogP contribution < -0.4 is 10.2 Å². The lowest BCUT2D eigenvalue weighted by molar-refractivity contribution is -0.125. The number of nitrogens with one attached hydrogen (secondary N) is 1. The van der Waals surface area contributed by atoms with E-state index in [-0.39, 0.29) is 11.8 Å². The molecule has 1 N–H and O–H groups in total. The molecule has 2 fully saturated rings. The lowest BCUT2D eigenvalue weighted by Gasteiger charge is -2.39. The van der Waals surface area contributed by atoms with Crippen molar-refractivity contribution in [1.82, 2.24) is 25.1 Å². The van der Waals surface area contributed by atoms with Gasteiger partial charge in [-0.25, -0.2) is 0 Å². The standard InChI is InChI=1S/C26H37N7O/c1-3-4-5-20-16-22(26(34)30-10-11-32-14-12-31(2)13-15-32)19-33(18-20)23-7-6-21(17-27)24-25(23)29-9-8-28-24/h6-9,20,22H,3-5,10-16,18-19H2,1-2H3,(H,30,34)/t20-,22?/m0/s1. The smallest absolute Gasteiger partial charge is 0.224 e. The summed E-state index contributed by atoms with van der Waals surface area (Å²) in [6.07, 6.45) is 7.68. The highest BCUT2D eigenvalue weighted by atomic mass is 16.1. The van der Waals surface area contributed by atoms with Crippen LogP contribution in [0.2, 0.25) is 0 Å². The Labute approximate surface area is 202 Å². The predicted molar refractivity (Wildman–Crippen MR) is 135 cm³/mol. The van der Waals surface area contributed by atoms with Crippen LogP contribution in [0.25, 0.3) is 11.0 Å². The number of likely N-dealkylation sites (N-methyl/N-ethyl adjacent to an activating group) is 1. The SMILES string of the molecule is CCCC[C@H]1CC(C(=O)NCCN2CCN(C)CC2)CN(c2ccc(C#N)c3nccnc23)C1. The minimum Gasteiger partial charge on any atom is -0.369 e. The summed E-state index contributed by atoms with van der Waals surface area (Å²) < 4.78 is 0. The molecule has 34 heavy (non-hydrogen) atoms. The third kappa shape index (κ3) is 5.83. The maximum Gasteiger partial charge on any atom is 0.224 e. The minimum atomic E-state index is -0.0505. The molecule has 8 heteroatoms. The molecular formula is C26H37N7O. The van der Waals surface area contributed by atoms with Gasteiger partial charge in [-0.2, -0.15) is 5.26 Å². The van der Waals surface area contributed by atoms with Crippen LogP contribution in [0.4, 0.5) is 5.69 Å². The molecule has 1 aromatic carbocycles. The van der Waals surface area contributed by atoms with Crippen LogP contribution in [-0.2, 0) is 4.79 Å². The fourth-order valence-corrected chi connectivity index (χ4v) is 5.23. The van der Waals surface area contributed by atoms with E-state index in [2.05, 4.69) is 50.0 Å². The summed E-state index contributed by atoms with van der Waals surface area (Å²) in [5.41, 5.74) is 2.88. The number of amides is 1. The van der Waals surface area contributed by atoms with Crippen molar-refractivity contribution in [3.05, 3.63) is 30.1 Å². The second-order valence-electron chi connectivity index (χ2n) is 9.78. The highest BCUT2D eigenvalue weighted by Gasteiger charge is 2.32. The van der Waals surface area contributed by atoms with E-state index in [9.17, 15) is 10.1 Å². The van der Waals surface area contributed by atoms with E-state index in [0.29, 0.717) is 30.1 Å². The van der Waals surface area contributed by atoms with E-state index < -0.39 is 0 Å². The average Bonchev–Trinajstić information content (AvgIpc) is 2.87. The monoisotopic (exact) mass is 463 g/mol. The first kappa shape index (κ1) is 24.4. The van der Waals surface area contributed by atoms with Gasteiger partial charge in [0.1, 0.15) is 17.1 Å². The Balaban J connectivity index is 1.46.